The van der Waals surface area contributed by atoms with Crippen LogP contribution in [0.5, 0.6) is 0 Å². The highest BCUT2D eigenvalue weighted by molar-refractivity contribution is 6.30. The molecule has 0 bridgehead atoms. The minimum Gasteiger partial charge on any atom is -0.347 e. The number of benzene rings is 3. The third kappa shape index (κ3) is 5.05. The first kappa shape index (κ1) is 27.3. The van der Waals surface area contributed by atoms with E-state index >= 15 is 0 Å². The number of piperidine rings is 1. The van der Waals surface area contributed by atoms with Gasteiger partial charge in [-0.25, -0.2) is 9.07 Å². The molecule has 42 heavy (non-hydrogen) atoms. The highest BCUT2D eigenvalue weighted by Crippen LogP contribution is 2.31. The molecule has 1 saturated heterocycles. The molecule has 0 saturated carbocycles. The van der Waals surface area contributed by atoms with Gasteiger partial charge in [0.1, 0.15) is 11.9 Å². The fourth-order valence-electron chi connectivity index (χ4n) is 5.46. The monoisotopic (exact) mass is 585 g/mol. The summed E-state index contributed by atoms with van der Waals surface area (Å²) in [6.45, 7) is 2.21. The number of nitrogens with zero attached hydrogens (tertiary/aromatic N) is 3. The van der Waals surface area contributed by atoms with Crippen LogP contribution in [0.25, 0.3) is 16.9 Å². The Morgan fingerprint density at radius 2 is 1.88 bits per heavy atom. The Hall–Kier alpha value is -4.83. The molecular formula is C31H25ClFN5O4. The molecule has 3 aromatic carbocycles. The van der Waals surface area contributed by atoms with Crippen LogP contribution in [-0.2, 0) is 22.7 Å². The fraction of sp³-hybridized carbons (Fsp3) is 0.194. The van der Waals surface area contributed by atoms with Crippen molar-refractivity contribution in [3.8, 4) is 16.9 Å². The van der Waals surface area contributed by atoms with E-state index in [-0.39, 0.29) is 49.3 Å². The van der Waals surface area contributed by atoms with Crippen LogP contribution < -0.4 is 10.6 Å². The van der Waals surface area contributed by atoms with Crippen molar-refractivity contribution in [3.05, 3.63) is 106 Å². The summed E-state index contributed by atoms with van der Waals surface area (Å²) in [5.41, 5.74) is 4.82. The molecule has 1 unspecified atom stereocenters. The molecule has 2 aliphatic heterocycles. The number of hydrogen-bond acceptors (Lipinski definition) is 5. The molecule has 1 fully saturated rings. The van der Waals surface area contributed by atoms with E-state index in [4.69, 9.17) is 11.6 Å². The maximum atomic E-state index is 13.6. The molecule has 3 heterocycles. The Morgan fingerprint density at radius 1 is 1.10 bits per heavy atom. The lowest BCUT2D eigenvalue weighted by Crippen LogP contribution is -2.52. The van der Waals surface area contributed by atoms with Crippen molar-refractivity contribution in [2.24, 2.45) is 0 Å². The van der Waals surface area contributed by atoms with Gasteiger partial charge in [0.25, 0.3) is 11.8 Å². The second-order valence-electron chi connectivity index (χ2n) is 10.3. The summed E-state index contributed by atoms with van der Waals surface area (Å²) in [6, 6.07) is 17.6. The van der Waals surface area contributed by atoms with Crippen molar-refractivity contribution in [1.29, 1.82) is 0 Å². The zero-order chi connectivity index (χ0) is 29.5. The summed E-state index contributed by atoms with van der Waals surface area (Å²) in [6.07, 6.45) is 0.470. The number of carbonyl (C=O) groups is 4. The maximum absolute atomic E-state index is 13.6. The first-order chi connectivity index (χ1) is 20.2. The molecule has 1 atom stereocenters. The lowest BCUT2D eigenvalue weighted by atomic mass is 10.0. The van der Waals surface area contributed by atoms with Crippen molar-refractivity contribution in [2.75, 3.05) is 0 Å². The number of fused-ring (bicyclic) bond motifs is 1. The van der Waals surface area contributed by atoms with Gasteiger partial charge in [0, 0.05) is 41.2 Å². The van der Waals surface area contributed by atoms with Crippen LogP contribution in [0.4, 0.5) is 4.39 Å². The number of aromatic nitrogens is 2. The molecule has 0 spiro atoms. The highest BCUT2D eigenvalue weighted by Gasteiger charge is 2.39. The van der Waals surface area contributed by atoms with Gasteiger partial charge in [-0.3, -0.25) is 24.5 Å². The van der Waals surface area contributed by atoms with Crippen molar-refractivity contribution in [1.82, 2.24) is 25.3 Å². The summed E-state index contributed by atoms with van der Waals surface area (Å²) in [5.74, 6) is -1.85. The van der Waals surface area contributed by atoms with Gasteiger partial charge >= 0.3 is 0 Å². The molecule has 0 aliphatic carbocycles. The van der Waals surface area contributed by atoms with Gasteiger partial charge < -0.3 is 10.2 Å². The maximum Gasteiger partial charge on any atom is 0.272 e. The number of nitrogens with one attached hydrogen (secondary N) is 2. The lowest BCUT2D eigenvalue weighted by molar-refractivity contribution is -0.136. The predicted octanol–water partition coefficient (Wildman–Crippen LogP) is 4.33. The molecular weight excluding hydrogens is 561 g/mol. The summed E-state index contributed by atoms with van der Waals surface area (Å²) in [4.78, 5) is 51.7. The molecule has 9 nitrogen and oxygen atoms in total. The van der Waals surface area contributed by atoms with Gasteiger partial charge in [0.15, 0.2) is 5.69 Å². The predicted molar refractivity (Wildman–Crippen MR) is 152 cm³/mol. The molecule has 1 aromatic heterocycles. The minimum atomic E-state index is -0.696. The molecule has 4 aromatic rings. The van der Waals surface area contributed by atoms with Crippen LogP contribution in [0.1, 0.15) is 50.4 Å². The molecule has 6 rings (SSSR count). The zero-order valence-corrected chi connectivity index (χ0v) is 23.2. The van der Waals surface area contributed by atoms with Gasteiger partial charge in [0.05, 0.1) is 11.4 Å². The van der Waals surface area contributed by atoms with Crippen molar-refractivity contribution in [3.63, 3.8) is 0 Å². The summed E-state index contributed by atoms with van der Waals surface area (Å²) < 4.78 is 15.2. The van der Waals surface area contributed by atoms with Crippen LogP contribution in [0, 0.1) is 12.7 Å². The topological polar surface area (TPSA) is 113 Å². The molecule has 4 amide bonds. The molecule has 11 heteroatoms. The number of amides is 4. The van der Waals surface area contributed by atoms with E-state index in [1.165, 1.54) is 17.0 Å². The standard InChI is InChI=1S/C31H25ClFN5O4/c1-17-27(36-38(23-8-6-22(33)7-9-23)28(17)19-3-2-4-21(32)14-19)30(41)34-15-18-5-10-24-20(13-18)16-37(31(24)42)25-11-12-26(39)35-29(25)40/h2-10,13-14,25H,11-12,15-16H2,1H3,(H,34,41)(H,35,39,40). The number of halogens is 2. The third-order valence-corrected chi connectivity index (χ3v) is 7.78. The molecule has 212 valence electrons. The molecule has 2 aliphatic rings. The fourth-order valence-corrected chi connectivity index (χ4v) is 5.65. The van der Waals surface area contributed by atoms with E-state index in [9.17, 15) is 23.6 Å². The Labute approximate surface area is 245 Å². The van der Waals surface area contributed by atoms with Crippen molar-refractivity contribution >= 4 is 35.2 Å². The number of hydrogen-bond donors (Lipinski definition) is 2. The number of imide groups is 1. The largest absolute Gasteiger partial charge is 0.347 e. The first-order valence-electron chi connectivity index (χ1n) is 13.4. The van der Waals surface area contributed by atoms with Gasteiger partial charge in [-0.15, -0.1) is 0 Å². The lowest BCUT2D eigenvalue weighted by Gasteiger charge is -2.29. The van der Waals surface area contributed by atoms with Crippen LogP contribution >= 0.6 is 11.6 Å². The van der Waals surface area contributed by atoms with E-state index in [1.807, 2.05) is 12.1 Å². The average molecular weight is 586 g/mol. The minimum absolute atomic E-state index is 0.175. The van der Waals surface area contributed by atoms with Crippen LogP contribution in [0.15, 0.2) is 66.7 Å². The number of carbonyl (C=O) groups excluding carboxylic acids is 4. The molecule has 0 radical (unpaired) electrons. The Bertz CT molecular complexity index is 1770. The first-order valence-corrected chi connectivity index (χ1v) is 13.7. The SMILES string of the molecule is Cc1c(C(=O)NCc2ccc3c(c2)CN(C2CCC(=O)NC2=O)C3=O)nn(-c2ccc(F)cc2)c1-c1cccc(Cl)c1. The highest BCUT2D eigenvalue weighted by atomic mass is 35.5. The zero-order valence-electron chi connectivity index (χ0n) is 22.5. The van der Waals surface area contributed by atoms with Crippen molar-refractivity contribution < 1.29 is 23.6 Å². The van der Waals surface area contributed by atoms with E-state index in [1.54, 1.807) is 54.1 Å². The van der Waals surface area contributed by atoms with Gasteiger partial charge in [-0.2, -0.15) is 5.10 Å². The van der Waals surface area contributed by atoms with Gasteiger partial charge in [0.2, 0.25) is 11.8 Å². The summed E-state index contributed by atoms with van der Waals surface area (Å²) >= 11 is 6.25. The Morgan fingerprint density at radius 3 is 2.62 bits per heavy atom. The van der Waals surface area contributed by atoms with E-state index in [0.717, 1.165) is 16.7 Å². The average Bonchev–Trinajstić information content (AvgIpc) is 3.48. The van der Waals surface area contributed by atoms with Gasteiger partial charge in [-0.05, 0) is 66.9 Å². The van der Waals surface area contributed by atoms with Crippen LogP contribution in [-0.4, -0.2) is 44.4 Å². The van der Waals surface area contributed by atoms with E-state index in [2.05, 4.69) is 15.7 Å². The smallest absolute Gasteiger partial charge is 0.272 e. The Balaban J connectivity index is 1.23. The second-order valence-corrected chi connectivity index (χ2v) is 10.7. The molecule has 2 N–H and O–H groups in total. The Kier molecular flexibility index (Phi) is 7.07. The van der Waals surface area contributed by atoms with E-state index < -0.39 is 17.9 Å². The summed E-state index contributed by atoms with van der Waals surface area (Å²) in [7, 11) is 0. The van der Waals surface area contributed by atoms with Crippen LogP contribution in [0.3, 0.4) is 0 Å². The van der Waals surface area contributed by atoms with Crippen LogP contribution in [0.2, 0.25) is 5.02 Å². The van der Waals surface area contributed by atoms with Gasteiger partial charge in [-0.1, -0.05) is 35.9 Å². The van der Waals surface area contributed by atoms with Crippen molar-refractivity contribution in [2.45, 2.75) is 38.9 Å². The second kappa shape index (κ2) is 10.9. The normalized spacial score (nSPS) is 16.4. The summed E-state index contributed by atoms with van der Waals surface area (Å²) in [5, 5.41) is 10.3. The quantitative estimate of drug-likeness (QED) is 0.327. The van der Waals surface area contributed by atoms with E-state index in [0.29, 0.717) is 27.5 Å². The third-order valence-electron chi connectivity index (χ3n) is 7.55. The number of rotatable bonds is 6.